The van der Waals surface area contributed by atoms with E-state index in [4.69, 9.17) is 27.9 Å². The third-order valence-corrected chi connectivity index (χ3v) is 9.81. The summed E-state index contributed by atoms with van der Waals surface area (Å²) in [5, 5.41) is 8.23. The van der Waals surface area contributed by atoms with Crippen molar-refractivity contribution in [3.63, 3.8) is 0 Å². The number of carbonyl (C=O) groups excluding carboxylic acids is 1. The Morgan fingerprint density at radius 2 is 1.80 bits per heavy atom. The molecule has 3 aromatic rings. The lowest BCUT2D eigenvalue weighted by atomic mass is 9.83. The van der Waals surface area contributed by atoms with Gasteiger partial charge in [0.05, 0.1) is 23.2 Å². The molecule has 6 rings (SSSR count). The summed E-state index contributed by atoms with van der Waals surface area (Å²) in [6.45, 7) is 6.05. The van der Waals surface area contributed by atoms with Gasteiger partial charge in [-0.1, -0.05) is 66.5 Å². The van der Waals surface area contributed by atoms with Crippen molar-refractivity contribution >= 4 is 34.7 Å². The first kappa shape index (κ1) is 31.1. The average molecular weight is 638 g/mol. The second-order valence-electron chi connectivity index (χ2n) is 12.0. The smallest absolute Gasteiger partial charge is 0.252 e. The molecular weight excluding hydrogens is 598 g/mol. The predicted octanol–water partition coefficient (Wildman–Crippen LogP) is 6.44. The minimum Gasteiger partial charge on any atom is -0.497 e. The number of rotatable bonds is 11. The summed E-state index contributed by atoms with van der Waals surface area (Å²) in [7, 11) is 1.59. The second-order valence-corrected chi connectivity index (χ2v) is 12.8. The first-order valence-electron chi connectivity index (χ1n) is 15.4. The van der Waals surface area contributed by atoms with E-state index in [-0.39, 0.29) is 29.8 Å². The molecule has 1 amide bonds. The molecule has 1 saturated heterocycles. The Hall–Kier alpha value is -2.94. The van der Waals surface area contributed by atoms with Crippen LogP contribution in [-0.4, -0.2) is 60.6 Å². The zero-order valence-electron chi connectivity index (χ0n) is 25.2. The molecule has 0 radical (unpaired) electrons. The number of ether oxygens (including phenoxy) is 1. The van der Waals surface area contributed by atoms with E-state index >= 15 is 0 Å². The summed E-state index contributed by atoms with van der Waals surface area (Å²) in [6.07, 6.45) is 2.76. The van der Waals surface area contributed by atoms with Crippen LogP contribution in [0, 0.1) is 5.82 Å². The molecule has 6 nitrogen and oxygen atoms in total. The third-order valence-electron chi connectivity index (χ3n) is 8.95. The summed E-state index contributed by atoms with van der Waals surface area (Å²) >= 11 is 12.9. The van der Waals surface area contributed by atoms with E-state index in [0.717, 1.165) is 60.2 Å². The summed E-state index contributed by atoms with van der Waals surface area (Å²) in [5.74, 6) is 0.491. The maximum Gasteiger partial charge on any atom is 0.252 e. The number of carbonyl (C=O) groups is 1. The van der Waals surface area contributed by atoms with Crippen molar-refractivity contribution in [1.29, 1.82) is 0 Å². The van der Waals surface area contributed by atoms with E-state index in [9.17, 15) is 9.18 Å². The zero-order valence-corrected chi connectivity index (χ0v) is 26.7. The molecule has 2 heterocycles. The Labute approximate surface area is 269 Å². The molecule has 1 aliphatic carbocycles. The van der Waals surface area contributed by atoms with E-state index in [0.29, 0.717) is 47.5 Å². The quantitative estimate of drug-likeness (QED) is 0.254. The van der Waals surface area contributed by atoms with Gasteiger partial charge in [0, 0.05) is 55.9 Å². The lowest BCUT2D eigenvalue weighted by Gasteiger charge is -2.41. The third kappa shape index (κ3) is 6.82. The predicted molar refractivity (Wildman–Crippen MR) is 174 cm³/mol. The maximum atomic E-state index is 14.5. The molecule has 3 aliphatic rings. The first-order valence-corrected chi connectivity index (χ1v) is 16.2. The monoisotopic (exact) mass is 636 g/mol. The molecule has 2 bridgehead atoms. The van der Waals surface area contributed by atoms with Crippen molar-refractivity contribution in [2.75, 3.05) is 26.7 Å². The first-order chi connectivity index (χ1) is 21.3. The van der Waals surface area contributed by atoms with Crippen LogP contribution in [-0.2, 0) is 24.4 Å². The molecular formula is C35H39Cl2FN4O2. The van der Waals surface area contributed by atoms with Gasteiger partial charge in [-0.3, -0.25) is 9.69 Å². The van der Waals surface area contributed by atoms with Crippen LogP contribution in [0.2, 0.25) is 10.0 Å². The highest BCUT2D eigenvalue weighted by Gasteiger charge is 2.41. The maximum absolute atomic E-state index is 14.5. The van der Waals surface area contributed by atoms with Crippen molar-refractivity contribution in [3.8, 4) is 5.75 Å². The van der Waals surface area contributed by atoms with Gasteiger partial charge in [-0.15, -0.1) is 0 Å². The van der Waals surface area contributed by atoms with E-state index in [1.54, 1.807) is 25.3 Å². The molecule has 0 unspecified atom stereocenters. The lowest BCUT2D eigenvalue weighted by Crippen LogP contribution is -2.60. The van der Waals surface area contributed by atoms with Gasteiger partial charge in [-0.05, 0) is 72.3 Å². The van der Waals surface area contributed by atoms with E-state index in [1.807, 2.05) is 17.0 Å². The highest BCUT2D eigenvalue weighted by molar-refractivity contribution is 6.42. The van der Waals surface area contributed by atoms with Crippen LogP contribution in [0.25, 0.3) is 5.57 Å². The molecule has 2 atom stereocenters. The minimum atomic E-state index is -0.229. The molecule has 0 spiro atoms. The normalized spacial score (nSPS) is 19.8. The van der Waals surface area contributed by atoms with Crippen LogP contribution in [0.4, 0.5) is 4.39 Å². The Morgan fingerprint density at radius 3 is 2.52 bits per heavy atom. The van der Waals surface area contributed by atoms with Gasteiger partial charge in [0.25, 0.3) is 5.91 Å². The highest BCUT2D eigenvalue weighted by Crippen LogP contribution is 2.37. The molecule has 1 saturated carbocycles. The van der Waals surface area contributed by atoms with Crippen molar-refractivity contribution < 1.29 is 13.9 Å². The van der Waals surface area contributed by atoms with Crippen LogP contribution in [0.5, 0.6) is 5.75 Å². The Kier molecular flexibility index (Phi) is 9.59. The minimum absolute atomic E-state index is 0.0610. The van der Waals surface area contributed by atoms with Crippen molar-refractivity contribution in [1.82, 2.24) is 20.4 Å². The van der Waals surface area contributed by atoms with Crippen LogP contribution >= 0.6 is 23.2 Å². The number of hydrogen-bond donors (Lipinski definition) is 2. The number of halogens is 3. The zero-order chi connectivity index (χ0) is 30.8. The summed E-state index contributed by atoms with van der Waals surface area (Å²) in [6, 6.07) is 19.4. The summed E-state index contributed by atoms with van der Waals surface area (Å²) < 4.78 is 19.8. The second kappa shape index (κ2) is 13.6. The fourth-order valence-electron chi connectivity index (χ4n) is 6.39. The van der Waals surface area contributed by atoms with Crippen LogP contribution < -0.4 is 15.4 Å². The van der Waals surface area contributed by atoms with Gasteiger partial charge in [0.2, 0.25) is 0 Å². The van der Waals surface area contributed by atoms with E-state index in [1.165, 1.54) is 6.07 Å². The average Bonchev–Trinajstić information content (AvgIpc) is 3.88. The standard InChI is InChI=1S/C35H39Cl2FN4O2/c1-3-41(20-25-15-28(44-2)13-14-31(25)38)19-22-7-9-23(10-8-22)29-16-26-17-39-18-32(40-26)33(29)35(43)42(27-11-12-27)21-24-5-4-6-30(36)34(24)37/h4-10,13-15,26-27,32,39-40H,3,11-12,16-21H2,1-2H3/t26-,32+/m0/s1. The van der Waals surface area contributed by atoms with Crippen molar-refractivity contribution in [2.45, 2.75) is 63.9 Å². The number of methoxy groups -OCH3 is 1. The Morgan fingerprint density at radius 1 is 1.00 bits per heavy atom. The molecule has 2 fully saturated rings. The summed E-state index contributed by atoms with van der Waals surface area (Å²) in [4.78, 5) is 18.6. The van der Waals surface area contributed by atoms with Gasteiger partial charge in [-0.25, -0.2) is 4.39 Å². The van der Waals surface area contributed by atoms with Gasteiger partial charge in [-0.2, -0.15) is 0 Å². The number of fused-ring (bicyclic) bond motifs is 2. The van der Waals surface area contributed by atoms with Crippen molar-refractivity contribution in [2.24, 2.45) is 0 Å². The van der Waals surface area contributed by atoms with Gasteiger partial charge in [0.15, 0.2) is 0 Å². The molecule has 2 N–H and O–H groups in total. The van der Waals surface area contributed by atoms with Crippen LogP contribution in [0.15, 0.2) is 66.2 Å². The van der Waals surface area contributed by atoms with Crippen molar-refractivity contribution in [3.05, 3.63) is 104 Å². The number of nitrogens with zero attached hydrogens (tertiary/aromatic N) is 2. The number of hydrogen-bond acceptors (Lipinski definition) is 5. The van der Waals surface area contributed by atoms with Gasteiger partial charge < -0.3 is 20.3 Å². The van der Waals surface area contributed by atoms with E-state index in [2.05, 4.69) is 46.7 Å². The largest absolute Gasteiger partial charge is 0.497 e. The molecule has 9 heteroatoms. The fourth-order valence-corrected chi connectivity index (χ4v) is 6.77. The fraction of sp³-hybridized carbons (Fsp3) is 0.400. The summed E-state index contributed by atoms with van der Waals surface area (Å²) in [5.41, 5.74) is 5.65. The van der Waals surface area contributed by atoms with Crippen LogP contribution in [0.3, 0.4) is 0 Å². The molecule has 3 aromatic carbocycles. The number of benzene rings is 3. The Balaban J connectivity index is 1.26. The van der Waals surface area contributed by atoms with Gasteiger partial charge >= 0.3 is 0 Å². The number of nitrogens with one attached hydrogen (secondary N) is 2. The van der Waals surface area contributed by atoms with E-state index < -0.39 is 0 Å². The molecule has 44 heavy (non-hydrogen) atoms. The molecule has 0 aromatic heterocycles. The number of amides is 1. The van der Waals surface area contributed by atoms with Crippen LogP contribution in [0.1, 0.15) is 48.4 Å². The SMILES string of the molecule is CCN(Cc1ccc(C2=C(C(=O)N(Cc3cccc(Cl)c3Cl)C3CC3)[C@H]3CNC[C@H](C2)N3)cc1)Cc1cc(OC)ccc1F. The molecule has 232 valence electrons. The molecule has 2 aliphatic heterocycles. The highest BCUT2D eigenvalue weighted by atomic mass is 35.5. The Bertz CT molecular complexity index is 1540. The topological polar surface area (TPSA) is 56.8 Å². The lowest BCUT2D eigenvalue weighted by molar-refractivity contribution is -0.128. The number of piperazine rings is 1. The van der Waals surface area contributed by atoms with Gasteiger partial charge in [0.1, 0.15) is 11.6 Å².